The fraction of sp³-hybridized carbons (Fsp3) is 0.333. The van der Waals surface area contributed by atoms with Gasteiger partial charge in [-0.3, -0.25) is 4.79 Å². The highest BCUT2D eigenvalue weighted by Gasteiger charge is 2.30. The third-order valence-corrected chi connectivity index (χ3v) is 4.86. The number of thioether (sulfide) groups is 1. The minimum absolute atomic E-state index is 0.00963. The summed E-state index contributed by atoms with van der Waals surface area (Å²) in [4.78, 5) is 18.8. The Bertz CT molecular complexity index is 546. The first kappa shape index (κ1) is 12.6. The maximum Gasteiger partial charge on any atom is 0.256 e. The molecule has 0 spiro atoms. The van der Waals surface area contributed by atoms with E-state index in [1.54, 1.807) is 29.8 Å². The van der Waals surface area contributed by atoms with E-state index in [9.17, 15) is 4.79 Å². The van der Waals surface area contributed by atoms with Gasteiger partial charge in [0.2, 0.25) is 0 Å². The molecule has 98 valence electrons. The van der Waals surface area contributed by atoms with E-state index in [2.05, 4.69) is 15.2 Å². The molecule has 1 aliphatic heterocycles. The second kappa shape index (κ2) is 5.66. The summed E-state index contributed by atoms with van der Waals surface area (Å²) in [7, 11) is 0. The SMILES string of the molecule is O=C(c1ccnnc1)N1CCSCC1c1nccs1. The molecule has 0 radical (unpaired) electrons. The van der Waals surface area contributed by atoms with Crippen LogP contribution in [0.4, 0.5) is 0 Å². The van der Waals surface area contributed by atoms with Crippen LogP contribution in [-0.2, 0) is 0 Å². The minimum atomic E-state index is 0.00963. The number of hydrogen-bond acceptors (Lipinski definition) is 6. The van der Waals surface area contributed by atoms with Crippen LogP contribution in [0.25, 0.3) is 0 Å². The number of hydrogen-bond donors (Lipinski definition) is 0. The number of amides is 1. The van der Waals surface area contributed by atoms with Crippen LogP contribution in [0.15, 0.2) is 30.0 Å². The van der Waals surface area contributed by atoms with Gasteiger partial charge in [0.05, 0.1) is 24.0 Å². The van der Waals surface area contributed by atoms with E-state index in [4.69, 9.17) is 0 Å². The molecular weight excluding hydrogens is 280 g/mol. The second-order valence-corrected chi connectivity index (χ2v) is 6.17. The molecule has 1 amide bonds. The van der Waals surface area contributed by atoms with E-state index in [1.807, 2.05) is 22.0 Å². The van der Waals surface area contributed by atoms with Crippen molar-refractivity contribution in [1.82, 2.24) is 20.1 Å². The van der Waals surface area contributed by atoms with Gasteiger partial charge in [-0.2, -0.15) is 22.0 Å². The molecule has 0 aliphatic carbocycles. The highest BCUT2D eigenvalue weighted by Crippen LogP contribution is 2.31. The van der Waals surface area contributed by atoms with Gasteiger partial charge < -0.3 is 4.90 Å². The van der Waals surface area contributed by atoms with Crippen LogP contribution in [0.1, 0.15) is 21.4 Å². The summed E-state index contributed by atoms with van der Waals surface area (Å²) in [5.41, 5.74) is 0.587. The van der Waals surface area contributed by atoms with Gasteiger partial charge in [0, 0.05) is 29.6 Å². The zero-order valence-electron chi connectivity index (χ0n) is 10.1. The van der Waals surface area contributed by atoms with Gasteiger partial charge in [0.25, 0.3) is 5.91 Å². The molecular formula is C12H12N4OS2. The highest BCUT2D eigenvalue weighted by molar-refractivity contribution is 7.99. The Morgan fingerprint density at radius 3 is 3.05 bits per heavy atom. The van der Waals surface area contributed by atoms with Crippen molar-refractivity contribution >= 4 is 29.0 Å². The Balaban J connectivity index is 1.87. The van der Waals surface area contributed by atoms with E-state index >= 15 is 0 Å². The summed E-state index contributed by atoms with van der Waals surface area (Å²) in [5.74, 6) is 1.87. The molecule has 2 aromatic rings. The van der Waals surface area contributed by atoms with Crippen LogP contribution in [0, 0.1) is 0 Å². The number of rotatable bonds is 2. The van der Waals surface area contributed by atoms with E-state index in [0.29, 0.717) is 5.56 Å². The predicted octanol–water partition coefficient (Wildman–Crippen LogP) is 1.86. The Morgan fingerprint density at radius 2 is 2.32 bits per heavy atom. The van der Waals surface area contributed by atoms with Gasteiger partial charge in [0.1, 0.15) is 5.01 Å². The predicted molar refractivity (Wildman–Crippen MR) is 75.2 cm³/mol. The standard InChI is InChI=1S/C12H12N4OS2/c17-12(9-1-2-14-15-7-9)16-4-6-18-8-10(16)11-13-3-5-19-11/h1-3,5,7,10H,4,6,8H2. The summed E-state index contributed by atoms with van der Waals surface area (Å²) in [6.07, 6.45) is 4.85. The molecule has 0 bridgehead atoms. The first-order chi connectivity index (χ1) is 9.36. The lowest BCUT2D eigenvalue weighted by molar-refractivity contribution is 0.0700. The van der Waals surface area contributed by atoms with Gasteiger partial charge in [0.15, 0.2) is 0 Å². The van der Waals surface area contributed by atoms with Crippen molar-refractivity contribution in [3.8, 4) is 0 Å². The summed E-state index contributed by atoms with van der Waals surface area (Å²) < 4.78 is 0. The van der Waals surface area contributed by atoms with Gasteiger partial charge in [-0.05, 0) is 6.07 Å². The Morgan fingerprint density at radius 1 is 1.37 bits per heavy atom. The summed E-state index contributed by atoms with van der Waals surface area (Å²) in [6.45, 7) is 0.746. The average Bonchev–Trinajstić information content (AvgIpc) is 3.01. The molecule has 1 unspecified atom stereocenters. The molecule has 7 heteroatoms. The van der Waals surface area contributed by atoms with E-state index in [1.165, 1.54) is 6.20 Å². The molecule has 1 atom stereocenters. The molecule has 3 heterocycles. The molecule has 19 heavy (non-hydrogen) atoms. The number of aromatic nitrogens is 3. The minimum Gasteiger partial charge on any atom is -0.327 e. The zero-order chi connectivity index (χ0) is 13.1. The average molecular weight is 292 g/mol. The first-order valence-corrected chi connectivity index (χ1v) is 7.94. The van der Waals surface area contributed by atoms with Crippen LogP contribution < -0.4 is 0 Å². The van der Waals surface area contributed by atoms with Gasteiger partial charge in [-0.25, -0.2) is 4.98 Å². The van der Waals surface area contributed by atoms with E-state index in [0.717, 1.165) is 23.1 Å². The second-order valence-electron chi connectivity index (χ2n) is 4.09. The van der Waals surface area contributed by atoms with Crippen molar-refractivity contribution in [2.24, 2.45) is 0 Å². The summed E-state index contributed by atoms with van der Waals surface area (Å²) >= 11 is 3.46. The molecule has 1 aliphatic rings. The van der Waals surface area contributed by atoms with Crippen molar-refractivity contribution in [3.63, 3.8) is 0 Å². The first-order valence-electron chi connectivity index (χ1n) is 5.91. The highest BCUT2D eigenvalue weighted by atomic mass is 32.2. The fourth-order valence-corrected chi connectivity index (χ4v) is 3.94. The maximum absolute atomic E-state index is 12.5. The monoisotopic (exact) mass is 292 g/mol. The largest absolute Gasteiger partial charge is 0.327 e. The Labute approximate surface area is 119 Å². The van der Waals surface area contributed by atoms with Crippen molar-refractivity contribution in [3.05, 3.63) is 40.6 Å². The Hall–Kier alpha value is -1.47. The van der Waals surface area contributed by atoms with Crippen LogP contribution in [0.5, 0.6) is 0 Å². The molecule has 0 saturated carbocycles. The van der Waals surface area contributed by atoms with Crippen LogP contribution in [0.2, 0.25) is 0 Å². The number of thiazole rings is 1. The topological polar surface area (TPSA) is 59.0 Å². The summed E-state index contributed by atoms with van der Waals surface area (Å²) in [6, 6.07) is 1.77. The van der Waals surface area contributed by atoms with E-state index in [-0.39, 0.29) is 11.9 Å². The Kier molecular flexibility index (Phi) is 3.74. The smallest absolute Gasteiger partial charge is 0.256 e. The van der Waals surface area contributed by atoms with Crippen LogP contribution in [0.3, 0.4) is 0 Å². The molecule has 1 saturated heterocycles. The van der Waals surface area contributed by atoms with Crippen molar-refractivity contribution < 1.29 is 4.79 Å². The molecule has 3 rings (SSSR count). The van der Waals surface area contributed by atoms with Crippen LogP contribution >= 0.6 is 23.1 Å². The van der Waals surface area contributed by atoms with Gasteiger partial charge in [-0.1, -0.05) is 0 Å². The molecule has 0 N–H and O–H groups in total. The molecule has 5 nitrogen and oxygen atoms in total. The molecule has 0 aromatic carbocycles. The number of carbonyl (C=O) groups is 1. The van der Waals surface area contributed by atoms with Crippen molar-refractivity contribution in [2.45, 2.75) is 6.04 Å². The zero-order valence-corrected chi connectivity index (χ0v) is 11.7. The third-order valence-electron chi connectivity index (χ3n) is 2.96. The van der Waals surface area contributed by atoms with Crippen molar-refractivity contribution in [1.29, 1.82) is 0 Å². The fourth-order valence-electron chi connectivity index (χ4n) is 2.03. The quantitative estimate of drug-likeness (QED) is 0.845. The van der Waals surface area contributed by atoms with Gasteiger partial charge >= 0.3 is 0 Å². The van der Waals surface area contributed by atoms with E-state index < -0.39 is 0 Å². The number of carbonyl (C=O) groups excluding carboxylic acids is 1. The van der Waals surface area contributed by atoms with Crippen molar-refractivity contribution in [2.75, 3.05) is 18.1 Å². The number of nitrogens with zero attached hydrogens (tertiary/aromatic N) is 4. The lowest BCUT2D eigenvalue weighted by Gasteiger charge is -2.34. The maximum atomic E-state index is 12.5. The molecule has 1 fully saturated rings. The summed E-state index contributed by atoms with van der Waals surface area (Å²) in [5, 5.41) is 10.4. The lowest BCUT2D eigenvalue weighted by atomic mass is 10.2. The lowest BCUT2D eigenvalue weighted by Crippen LogP contribution is -2.40. The third kappa shape index (κ3) is 2.62. The molecule has 2 aromatic heterocycles. The normalized spacial score (nSPS) is 19.4. The van der Waals surface area contributed by atoms with Gasteiger partial charge in [-0.15, -0.1) is 11.3 Å². The van der Waals surface area contributed by atoms with Crippen LogP contribution in [-0.4, -0.2) is 44.0 Å².